The van der Waals surface area contributed by atoms with Gasteiger partial charge in [0, 0.05) is 34.0 Å². The predicted octanol–water partition coefficient (Wildman–Crippen LogP) is 4.76. The van der Waals surface area contributed by atoms with Crippen molar-refractivity contribution < 1.29 is 14.3 Å². The smallest absolute Gasteiger partial charge is 0.259 e. The Morgan fingerprint density at radius 1 is 1.03 bits per heavy atom. The first-order chi connectivity index (χ1) is 14.6. The molecule has 0 fully saturated rings. The summed E-state index contributed by atoms with van der Waals surface area (Å²) in [6, 6.07) is 20.7. The van der Waals surface area contributed by atoms with Crippen LogP contribution in [-0.2, 0) is 6.54 Å². The third-order valence-corrected chi connectivity index (χ3v) is 6.18. The van der Waals surface area contributed by atoms with Gasteiger partial charge in [0.2, 0.25) is 0 Å². The second kappa shape index (κ2) is 8.63. The highest BCUT2D eigenvalue weighted by atomic mass is 32.2. The summed E-state index contributed by atoms with van der Waals surface area (Å²) in [4.78, 5) is 29.5. The monoisotopic (exact) mass is 418 g/mol. The van der Waals surface area contributed by atoms with Crippen molar-refractivity contribution in [3.63, 3.8) is 0 Å². The van der Waals surface area contributed by atoms with Gasteiger partial charge in [0.15, 0.2) is 0 Å². The predicted molar refractivity (Wildman–Crippen MR) is 119 cm³/mol. The molecular formula is C24H22N2O3S. The normalized spacial score (nSPS) is 12.6. The maximum atomic E-state index is 13.1. The van der Waals surface area contributed by atoms with Gasteiger partial charge in [-0.15, -0.1) is 0 Å². The van der Waals surface area contributed by atoms with Crippen LogP contribution in [0.1, 0.15) is 33.2 Å². The number of carbonyl (C=O) groups is 2. The Morgan fingerprint density at radius 2 is 1.80 bits per heavy atom. The molecule has 3 aromatic carbocycles. The van der Waals surface area contributed by atoms with Crippen molar-refractivity contribution in [3.8, 4) is 5.75 Å². The highest BCUT2D eigenvalue weighted by molar-refractivity contribution is 7.99. The molecule has 0 radical (unpaired) electrons. The molecule has 0 aromatic heterocycles. The summed E-state index contributed by atoms with van der Waals surface area (Å²) in [5, 5.41) is 2.94. The number of anilines is 1. The van der Waals surface area contributed by atoms with Gasteiger partial charge in [-0.3, -0.25) is 9.59 Å². The van der Waals surface area contributed by atoms with E-state index in [1.54, 1.807) is 35.9 Å². The lowest BCUT2D eigenvalue weighted by atomic mass is 10.1. The number of ether oxygens (including phenoxy) is 1. The number of rotatable bonds is 5. The molecule has 0 bridgehead atoms. The lowest BCUT2D eigenvalue weighted by Gasteiger charge is -2.21. The van der Waals surface area contributed by atoms with Crippen molar-refractivity contribution in [1.82, 2.24) is 5.32 Å². The molecule has 0 atom stereocenters. The summed E-state index contributed by atoms with van der Waals surface area (Å²) < 4.78 is 5.34. The zero-order valence-electron chi connectivity index (χ0n) is 16.8. The molecule has 1 aliphatic heterocycles. The van der Waals surface area contributed by atoms with Gasteiger partial charge in [-0.2, -0.15) is 0 Å². The zero-order chi connectivity index (χ0) is 21.1. The Bertz CT molecular complexity index is 1110. The van der Waals surface area contributed by atoms with E-state index in [1.807, 2.05) is 61.5 Å². The summed E-state index contributed by atoms with van der Waals surface area (Å²) in [5.74, 6) is 0.488. The molecule has 6 heteroatoms. The maximum Gasteiger partial charge on any atom is 0.259 e. The molecule has 5 nitrogen and oxygen atoms in total. The fourth-order valence-electron chi connectivity index (χ4n) is 3.50. The zero-order valence-corrected chi connectivity index (χ0v) is 17.7. The van der Waals surface area contributed by atoms with Crippen LogP contribution in [0.3, 0.4) is 0 Å². The summed E-state index contributed by atoms with van der Waals surface area (Å²) >= 11 is 1.55. The molecule has 1 heterocycles. The standard InChI is InChI=1S/C24H22N2O3S/c1-3-26-19-14-16(23(27)25-15-17-8-4-6-10-20(17)29-2)12-13-22(19)30-21-11-7-5-9-18(21)24(26)28/h4-14H,3,15H2,1-2H3,(H,25,27). The molecule has 0 aliphatic carbocycles. The maximum absolute atomic E-state index is 13.1. The summed E-state index contributed by atoms with van der Waals surface area (Å²) in [6.45, 7) is 2.82. The van der Waals surface area contributed by atoms with Crippen molar-refractivity contribution in [2.24, 2.45) is 0 Å². The number of amides is 2. The van der Waals surface area contributed by atoms with E-state index >= 15 is 0 Å². The molecule has 1 N–H and O–H groups in total. The SMILES string of the molecule is CCN1C(=O)c2ccccc2Sc2ccc(C(=O)NCc3ccccc3OC)cc21. The van der Waals surface area contributed by atoms with Gasteiger partial charge in [0.25, 0.3) is 11.8 Å². The van der Waals surface area contributed by atoms with E-state index in [1.165, 1.54) is 0 Å². The minimum atomic E-state index is -0.195. The van der Waals surface area contributed by atoms with Crippen LogP contribution in [0.15, 0.2) is 76.5 Å². The number of para-hydroxylation sites is 1. The highest BCUT2D eigenvalue weighted by Crippen LogP contribution is 2.41. The van der Waals surface area contributed by atoms with Crippen LogP contribution in [0.4, 0.5) is 5.69 Å². The van der Waals surface area contributed by atoms with E-state index in [0.717, 1.165) is 26.8 Å². The Balaban J connectivity index is 1.61. The lowest BCUT2D eigenvalue weighted by molar-refractivity contribution is 0.0947. The average molecular weight is 419 g/mol. The molecule has 0 unspecified atom stereocenters. The number of fused-ring (bicyclic) bond motifs is 2. The van der Waals surface area contributed by atoms with Crippen LogP contribution in [-0.4, -0.2) is 25.5 Å². The number of nitrogens with one attached hydrogen (secondary N) is 1. The first-order valence-corrected chi connectivity index (χ1v) is 10.6. The summed E-state index contributed by atoms with van der Waals surface area (Å²) in [7, 11) is 1.61. The van der Waals surface area contributed by atoms with Crippen molar-refractivity contribution in [1.29, 1.82) is 0 Å². The van der Waals surface area contributed by atoms with E-state index in [2.05, 4.69) is 5.32 Å². The van der Waals surface area contributed by atoms with Gasteiger partial charge >= 0.3 is 0 Å². The van der Waals surface area contributed by atoms with Crippen molar-refractivity contribution in [2.75, 3.05) is 18.6 Å². The largest absolute Gasteiger partial charge is 0.496 e. The molecule has 0 saturated carbocycles. The first-order valence-electron chi connectivity index (χ1n) is 9.75. The van der Waals surface area contributed by atoms with E-state index in [-0.39, 0.29) is 11.8 Å². The van der Waals surface area contributed by atoms with Crippen molar-refractivity contribution in [3.05, 3.63) is 83.4 Å². The van der Waals surface area contributed by atoms with Crippen molar-refractivity contribution >= 4 is 29.3 Å². The quantitative estimate of drug-likeness (QED) is 0.649. The Morgan fingerprint density at radius 3 is 2.60 bits per heavy atom. The minimum absolute atomic E-state index is 0.0501. The Labute approximate surface area is 180 Å². The number of hydrogen-bond acceptors (Lipinski definition) is 4. The first kappa shape index (κ1) is 20.0. The second-order valence-electron chi connectivity index (χ2n) is 6.82. The third-order valence-electron chi connectivity index (χ3n) is 5.04. The number of carbonyl (C=O) groups excluding carboxylic acids is 2. The van der Waals surface area contributed by atoms with Crippen LogP contribution < -0.4 is 15.0 Å². The van der Waals surface area contributed by atoms with Crippen LogP contribution in [0, 0.1) is 0 Å². The molecule has 2 amide bonds. The van der Waals surface area contributed by atoms with E-state index in [9.17, 15) is 9.59 Å². The fourth-order valence-corrected chi connectivity index (χ4v) is 4.56. The molecule has 152 valence electrons. The molecule has 3 aromatic rings. The molecule has 0 saturated heterocycles. The van der Waals surface area contributed by atoms with Crippen LogP contribution in [0.5, 0.6) is 5.75 Å². The van der Waals surface area contributed by atoms with Gasteiger partial charge in [0.05, 0.1) is 18.4 Å². The third kappa shape index (κ3) is 3.78. The second-order valence-corrected chi connectivity index (χ2v) is 7.91. The van der Waals surface area contributed by atoms with E-state index < -0.39 is 0 Å². The van der Waals surface area contributed by atoms with Crippen LogP contribution in [0.25, 0.3) is 0 Å². The number of hydrogen-bond donors (Lipinski definition) is 1. The van der Waals surface area contributed by atoms with E-state index in [0.29, 0.717) is 24.2 Å². The number of benzene rings is 3. The molecule has 1 aliphatic rings. The van der Waals surface area contributed by atoms with Gasteiger partial charge < -0.3 is 15.0 Å². The average Bonchev–Trinajstić information content (AvgIpc) is 2.90. The molecular weight excluding hydrogens is 396 g/mol. The van der Waals surface area contributed by atoms with Gasteiger partial charge in [-0.1, -0.05) is 42.1 Å². The van der Waals surface area contributed by atoms with Gasteiger partial charge in [0.1, 0.15) is 5.75 Å². The fraction of sp³-hybridized carbons (Fsp3) is 0.167. The molecule has 4 rings (SSSR count). The number of nitrogens with zero attached hydrogens (tertiary/aromatic N) is 1. The number of methoxy groups -OCH3 is 1. The Hall–Kier alpha value is -3.25. The van der Waals surface area contributed by atoms with Crippen LogP contribution >= 0.6 is 11.8 Å². The molecule has 30 heavy (non-hydrogen) atoms. The lowest BCUT2D eigenvalue weighted by Crippen LogP contribution is -2.31. The van der Waals surface area contributed by atoms with Crippen molar-refractivity contribution in [2.45, 2.75) is 23.3 Å². The topological polar surface area (TPSA) is 58.6 Å². The summed E-state index contributed by atoms with van der Waals surface area (Å²) in [5.41, 5.74) is 2.86. The Kier molecular flexibility index (Phi) is 5.77. The summed E-state index contributed by atoms with van der Waals surface area (Å²) in [6.07, 6.45) is 0. The van der Waals surface area contributed by atoms with Gasteiger partial charge in [-0.25, -0.2) is 0 Å². The van der Waals surface area contributed by atoms with Gasteiger partial charge in [-0.05, 0) is 43.3 Å². The van der Waals surface area contributed by atoms with E-state index in [4.69, 9.17) is 4.74 Å². The highest BCUT2D eigenvalue weighted by Gasteiger charge is 2.26. The minimum Gasteiger partial charge on any atom is -0.496 e. The van der Waals surface area contributed by atoms with Crippen LogP contribution in [0.2, 0.25) is 0 Å². The molecule has 0 spiro atoms.